The number of morpholine rings is 1. The molecule has 0 radical (unpaired) electrons. The molecule has 0 amide bonds. The second-order valence-corrected chi connectivity index (χ2v) is 8.14. The molecule has 126 valence electrons. The van der Waals surface area contributed by atoms with Crippen LogP contribution in [0.1, 0.15) is 41.5 Å². The molecule has 0 aromatic carbocycles. The van der Waals surface area contributed by atoms with E-state index in [-0.39, 0.29) is 17.7 Å². The van der Waals surface area contributed by atoms with Gasteiger partial charge < -0.3 is 4.74 Å². The van der Waals surface area contributed by atoms with Crippen molar-refractivity contribution in [2.75, 3.05) is 32.7 Å². The summed E-state index contributed by atoms with van der Waals surface area (Å²) in [7, 11) is -3.40. The van der Waals surface area contributed by atoms with Crippen molar-refractivity contribution < 1.29 is 13.2 Å². The fourth-order valence-corrected chi connectivity index (χ4v) is 4.10. The highest BCUT2D eigenvalue weighted by Gasteiger charge is 2.34. The van der Waals surface area contributed by atoms with Crippen molar-refractivity contribution in [3.63, 3.8) is 0 Å². The standard InChI is InChI=1S/C14H31N3O3S/c1-7-17(8-2)21(18,19)15-11-14(5,6)16-9-12(3)20-13(4)10-16/h12-13,15H,7-11H2,1-6H3/t12-,13-/m0/s1. The average molecular weight is 321 g/mol. The molecule has 0 aromatic heterocycles. The van der Waals surface area contributed by atoms with Gasteiger partial charge in [-0.2, -0.15) is 12.7 Å². The highest BCUT2D eigenvalue weighted by atomic mass is 32.2. The van der Waals surface area contributed by atoms with Crippen LogP contribution in [0.4, 0.5) is 0 Å². The van der Waals surface area contributed by atoms with Gasteiger partial charge in [-0.3, -0.25) is 4.90 Å². The lowest BCUT2D eigenvalue weighted by molar-refractivity contribution is -0.0945. The smallest absolute Gasteiger partial charge is 0.279 e. The molecule has 0 aliphatic carbocycles. The molecule has 1 aliphatic heterocycles. The zero-order valence-electron chi connectivity index (χ0n) is 14.2. The Labute approximate surface area is 130 Å². The highest BCUT2D eigenvalue weighted by molar-refractivity contribution is 7.87. The van der Waals surface area contributed by atoms with Crippen LogP contribution in [0.5, 0.6) is 0 Å². The zero-order chi connectivity index (χ0) is 16.3. The van der Waals surface area contributed by atoms with Gasteiger partial charge in [-0.25, -0.2) is 4.72 Å². The topological polar surface area (TPSA) is 61.9 Å². The van der Waals surface area contributed by atoms with Crippen LogP contribution in [0.3, 0.4) is 0 Å². The molecule has 6 nitrogen and oxygen atoms in total. The quantitative estimate of drug-likeness (QED) is 0.761. The van der Waals surface area contributed by atoms with Crippen molar-refractivity contribution in [2.24, 2.45) is 0 Å². The van der Waals surface area contributed by atoms with Crippen LogP contribution in [-0.2, 0) is 14.9 Å². The Morgan fingerprint density at radius 1 is 1.19 bits per heavy atom. The third kappa shape index (κ3) is 5.17. The lowest BCUT2D eigenvalue weighted by Crippen LogP contribution is -2.59. The Kier molecular flexibility index (Phi) is 6.61. The molecular weight excluding hydrogens is 290 g/mol. The van der Waals surface area contributed by atoms with Crippen molar-refractivity contribution in [3.8, 4) is 0 Å². The van der Waals surface area contributed by atoms with Crippen LogP contribution in [0, 0.1) is 0 Å². The Balaban J connectivity index is 2.68. The largest absolute Gasteiger partial charge is 0.373 e. The lowest BCUT2D eigenvalue weighted by Gasteiger charge is -2.45. The van der Waals surface area contributed by atoms with E-state index in [1.807, 2.05) is 13.8 Å². The number of nitrogens with zero attached hydrogens (tertiary/aromatic N) is 2. The first-order valence-electron chi connectivity index (χ1n) is 7.77. The molecule has 21 heavy (non-hydrogen) atoms. The van der Waals surface area contributed by atoms with Crippen molar-refractivity contribution in [1.82, 2.24) is 13.9 Å². The van der Waals surface area contributed by atoms with Gasteiger partial charge in [0.25, 0.3) is 10.2 Å². The van der Waals surface area contributed by atoms with Crippen LogP contribution >= 0.6 is 0 Å². The Bertz CT molecular complexity index is 411. The molecule has 1 rings (SSSR count). The van der Waals surface area contributed by atoms with Crippen molar-refractivity contribution in [2.45, 2.75) is 59.3 Å². The summed E-state index contributed by atoms with van der Waals surface area (Å²) in [6.07, 6.45) is 0.347. The van der Waals surface area contributed by atoms with Crippen LogP contribution in [0.2, 0.25) is 0 Å². The monoisotopic (exact) mass is 321 g/mol. The summed E-state index contributed by atoms with van der Waals surface area (Å²) in [5.74, 6) is 0. The van der Waals surface area contributed by atoms with Gasteiger partial charge in [0.1, 0.15) is 0 Å². The molecule has 0 spiro atoms. The van der Waals surface area contributed by atoms with Crippen LogP contribution < -0.4 is 4.72 Å². The molecule has 0 aromatic rings. The first-order chi connectivity index (χ1) is 9.62. The van der Waals surface area contributed by atoms with Gasteiger partial charge in [0.2, 0.25) is 0 Å². The molecule has 1 fully saturated rings. The number of hydrogen-bond acceptors (Lipinski definition) is 4. The number of rotatable bonds is 7. The summed E-state index contributed by atoms with van der Waals surface area (Å²) < 4.78 is 34.4. The first kappa shape index (κ1) is 18.8. The molecule has 1 saturated heterocycles. The summed E-state index contributed by atoms with van der Waals surface area (Å²) in [5, 5.41) is 0. The molecule has 1 heterocycles. The number of nitrogens with one attached hydrogen (secondary N) is 1. The Hall–Kier alpha value is -0.210. The summed E-state index contributed by atoms with van der Waals surface area (Å²) >= 11 is 0. The summed E-state index contributed by atoms with van der Waals surface area (Å²) in [6, 6.07) is 0. The fourth-order valence-electron chi connectivity index (χ4n) is 2.71. The number of hydrogen-bond donors (Lipinski definition) is 1. The maximum Gasteiger partial charge on any atom is 0.279 e. The van der Waals surface area contributed by atoms with Gasteiger partial charge in [-0.15, -0.1) is 0 Å². The van der Waals surface area contributed by atoms with Gasteiger partial charge in [0.15, 0.2) is 0 Å². The zero-order valence-corrected chi connectivity index (χ0v) is 15.0. The van der Waals surface area contributed by atoms with Gasteiger partial charge in [-0.1, -0.05) is 13.8 Å². The molecular formula is C14H31N3O3S. The van der Waals surface area contributed by atoms with Gasteiger partial charge in [0, 0.05) is 38.3 Å². The highest BCUT2D eigenvalue weighted by Crippen LogP contribution is 2.21. The van der Waals surface area contributed by atoms with Gasteiger partial charge in [0.05, 0.1) is 12.2 Å². The van der Waals surface area contributed by atoms with Gasteiger partial charge in [-0.05, 0) is 27.7 Å². The van der Waals surface area contributed by atoms with E-state index in [2.05, 4.69) is 37.3 Å². The SMILES string of the molecule is CCN(CC)S(=O)(=O)NCC(C)(C)N1C[C@H](C)O[C@@H](C)C1. The summed E-state index contributed by atoms with van der Waals surface area (Å²) in [5.41, 5.74) is -0.244. The summed E-state index contributed by atoms with van der Waals surface area (Å²) in [6.45, 7) is 15.0. The molecule has 2 atom stereocenters. The predicted molar refractivity (Wildman–Crippen MR) is 85.5 cm³/mol. The van der Waals surface area contributed by atoms with E-state index in [0.717, 1.165) is 13.1 Å². The van der Waals surface area contributed by atoms with E-state index >= 15 is 0 Å². The van der Waals surface area contributed by atoms with E-state index in [9.17, 15) is 8.42 Å². The minimum atomic E-state index is -3.40. The lowest BCUT2D eigenvalue weighted by atomic mass is 10.0. The maximum absolute atomic E-state index is 12.2. The van der Waals surface area contributed by atoms with Crippen LogP contribution in [-0.4, -0.2) is 68.1 Å². The molecule has 0 bridgehead atoms. The minimum absolute atomic E-state index is 0.174. The molecule has 0 unspecified atom stereocenters. The van der Waals surface area contributed by atoms with E-state index < -0.39 is 10.2 Å². The van der Waals surface area contributed by atoms with Crippen molar-refractivity contribution in [1.29, 1.82) is 0 Å². The Morgan fingerprint density at radius 3 is 2.10 bits per heavy atom. The normalized spacial score (nSPS) is 25.5. The average Bonchev–Trinajstić information content (AvgIpc) is 2.37. The van der Waals surface area contributed by atoms with Crippen molar-refractivity contribution in [3.05, 3.63) is 0 Å². The first-order valence-corrected chi connectivity index (χ1v) is 9.21. The summed E-state index contributed by atoms with van der Waals surface area (Å²) in [4.78, 5) is 2.30. The predicted octanol–water partition coefficient (Wildman–Crippen LogP) is 1.05. The fraction of sp³-hybridized carbons (Fsp3) is 1.00. The van der Waals surface area contributed by atoms with Crippen LogP contribution in [0.15, 0.2) is 0 Å². The third-order valence-electron chi connectivity index (χ3n) is 4.01. The van der Waals surface area contributed by atoms with Gasteiger partial charge >= 0.3 is 0 Å². The third-order valence-corrected chi connectivity index (χ3v) is 5.71. The number of ether oxygens (including phenoxy) is 1. The van der Waals surface area contributed by atoms with E-state index in [1.54, 1.807) is 0 Å². The molecule has 1 aliphatic rings. The minimum Gasteiger partial charge on any atom is -0.373 e. The van der Waals surface area contributed by atoms with Crippen molar-refractivity contribution >= 4 is 10.2 Å². The second-order valence-electron chi connectivity index (χ2n) is 6.39. The molecule has 1 N–H and O–H groups in total. The van der Waals surface area contributed by atoms with E-state index in [1.165, 1.54) is 4.31 Å². The Morgan fingerprint density at radius 2 is 1.67 bits per heavy atom. The van der Waals surface area contributed by atoms with E-state index in [0.29, 0.717) is 19.6 Å². The molecule has 0 saturated carbocycles. The molecule has 7 heteroatoms. The maximum atomic E-state index is 12.2. The van der Waals surface area contributed by atoms with E-state index in [4.69, 9.17) is 4.74 Å². The van der Waals surface area contributed by atoms with Crippen LogP contribution in [0.25, 0.3) is 0 Å². The second kappa shape index (κ2) is 7.37.